The number of benzene rings is 1. The highest BCUT2D eigenvalue weighted by atomic mass is 16.2. The topological polar surface area (TPSA) is 68.1 Å². The van der Waals surface area contributed by atoms with Crippen LogP contribution in [0.4, 0.5) is 0 Å². The van der Waals surface area contributed by atoms with Gasteiger partial charge in [-0.3, -0.25) is 13.9 Å². The lowest BCUT2D eigenvalue weighted by Crippen LogP contribution is -2.33. The Bertz CT molecular complexity index is 687. The van der Waals surface area contributed by atoms with Crippen molar-refractivity contribution < 1.29 is 4.79 Å². The van der Waals surface area contributed by atoms with Crippen molar-refractivity contribution >= 4 is 16.9 Å². The van der Waals surface area contributed by atoms with Crippen LogP contribution in [-0.4, -0.2) is 34.7 Å². The third-order valence-electron chi connectivity index (χ3n) is 3.66. The molecule has 2 rings (SSSR count). The molecule has 6 nitrogen and oxygen atoms in total. The number of amides is 1. The highest BCUT2D eigenvalue weighted by Crippen LogP contribution is 2.11. The van der Waals surface area contributed by atoms with Crippen LogP contribution in [0.5, 0.6) is 0 Å². The van der Waals surface area contributed by atoms with E-state index in [1.807, 2.05) is 24.3 Å². The van der Waals surface area contributed by atoms with Crippen LogP contribution >= 0.6 is 0 Å². The fourth-order valence-corrected chi connectivity index (χ4v) is 2.47. The van der Waals surface area contributed by atoms with Crippen molar-refractivity contribution in [3.8, 4) is 0 Å². The maximum atomic E-state index is 12.2. The van der Waals surface area contributed by atoms with Crippen molar-refractivity contribution in [2.45, 2.75) is 26.3 Å². The molecule has 120 valence electrons. The zero-order chi connectivity index (χ0) is 15.9. The van der Waals surface area contributed by atoms with Crippen LogP contribution in [0.3, 0.4) is 0 Å². The number of nitrogens with zero attached hydrogens (tertiary/aromatic N) is 2. The Balaban J connectivity index is 1.91. The molecule has 1 amide bonds. The molecule has 1 aromatic carbocycles. The number of carbonyl (C=O) groups is 1. The van der Waals surface area contributed by atoms with Gasteiger partial charge in [-0.2, -0.15) is 0 Å². The molecule has 0 spiro atoms. The van der Waals surface area contributed by atoms with Gasteiger partial charge in [0.25, 0.3) is 0 Å². The lowest BCUT2D eigenvalue weighted by molar-refractivity contribution is -0.121. The van der Waals surface area contributed by atoms with Crippen molar-refractivity contribution in [1.82, 2.24) is 19.8 Å². The van der Waals surface area contributed by atoms with Crippen molar-refractivity contribution in [3.63, 3.8) is 0 Å². The Kier molecular flexibility index (Phi) is 5.77. The minimum absolute atomic E-state index is 0.0295. The van der Waals surface area contributed by atoms with Crippen LogP contribution < -0.4 is 16.3 Å². The monoisotopic (exact) mass is 304 g/mol. The second-order valence-electron chi connectivity index (χ2n) is 5.33. The number of aryl methyl sites for hydroxylation is 2. The number of hydrogen-bond donors (Lipinski definition) is 2. The maximum absolute atomic E-state index is 12.2. The quantitative estimate of drug-likeness (QED) is 0.710. The SMILES string of the molecule is CCCNCCNC(=O)CCn1c(=O)n(C)c2ccccc21. The first-order valence-electron chi connectivity index (χ1n) is 7.76. The van der Waals surface area contributed by atoms with E-state index in [9.17, 15) is 9.59 Å². The summed E-state index contributed by atoms with van der Waals surface area (Å²) in [7, 11) is 1.75. The molecule has 0 aliphatic rings. The second-order valence-corrected chi connectivity index (χ2v) is 5.33. The van der Waals surface area contributed by atoms with Crippen molar-refractivity contribution in [3.05, 3.63) is 34.7 Å². The molecule has 1 aromatic heterocycles. The van der Waals surface area contributed by atoms with Crippen molar-refractivity contribution in [2.75, 3.05) is 19.6 Å². The first-order chi connectivity index (χ1) is 10.6. The maximum Gasteiger partial charge on any atom is 0.328 e. The van der Waals surface area contributed by atoms with E-state index in [1.165, 1.54) is 0 Å². The molecule has 6 heteroatoms. The van der Waals surface area contributed by atoms with Gasteiger partial charge in [-0.1, -0.05) is 19.1 Å². The van der Waals surface area contributed by atoms with Gasteiger partial charge in [0, 0.05) is 33.1 Å². The summed E-state index contributed by atoms with van der Waals surface area (Å²) in [5.74, 6) is -0.0295. The van der Waals surface area contributed by atoms with Crippen LogP contribution in [0.2, 0.25) is 0 Å². The van der Waals surface area contributed by atoms with E-state index in [0.29, 0.717) is 19.5 Å². The van der Waals surface area contributed by atoms with Crippen LogP contribution in [-0.2, 0) is 18.4 Å². The molecular formula is C16H24N4O2. The molecule has 1 heterocycles. The molecule has 0 bridgehead atoms. The highest BCUT2D eigenvalue weighted by Gasteiger charge is 2.11. The number of aromatic nitrogens is 2. The summed E-state index contributed by atoms with van der Waals surface area (Å²) in [4.78, 5) is 24.1. The number of hydrogen-bond acceptors (Lipinski definition) is 3. The number of rotatable bonds is 8. The third kappa shape index (κ3) is 3.76. The van der Waals surface area contributed by atoms with Crippen molar-refractivity contribution in [2.24, 2.45) is 7.05 Å². The number of nitrogens with one attached hydrogen (secondary N) is 2. The second kappa shape index (κ2) is 7.79. The summed E-state index contributed by atoms with van der Waals surface area (Å²) in [5, 5.41) is 6.09. The van der Waals surface area contributed by atoms with E-state index in [0.717, 1.165) is 30.5 Å². The lowest BCUT2D eigenvalue weighted by atomic mass is 10.3. The van der Waals surface area contributed by atoms with Crippen LogP contribution in [0.15, 0.2) is 29.1 Å². The molecular weight excluding hydrogens is 280 g/mol. The first kappa shape index (κ1) is 16.3. The third-order valence-corrected chi connectivity index (χ3v) is 3.66. The zero-order valence-electron chi connectivity index (χ0n) is 13.3. The van der Waals surface area contributed by atoms with E-state index in [2.05, 4.69) is 17.6 Å². The Morgan fingerprint density at radius 1 is 1.14 bits per heavy atom. The summed E-state index contributed by atoms with van der Waals surface area (Å²) in [6, 6.07) is 7.62. The molecule has 0 saturated carbocycles. The average molecular weight is 304 g/mol. The molecule has 22 heavy (non-hydrogen) atoms. The van der Waals surface area contributed by atoms with Gasteiger partial charge in [-0.25, -0.2) is 4.79 Å². The minimum atomic E-state index is -0.0846. The molecule has 0 saturated heterocycles. The van der Waals surface area contributed by atoms with E-state index in [-0.39, 0.29) is 11.6 Å². The van der Waals surface area contributed by atoms with Gasteiger partial charge in [0.15, 0.2) is 0 Å². The Morgan fingerprint density at radius 2 is 1.86 bits per heavy atom. The fraction of sp³-hybridized carbons (Fsp3) is 0.500. The first-order valence-corrected chi connectivity index (χ1v) is 7.76. The van der Waals surface area contributed by atoms with Crippen LogP contribution in [0, 0.1) is 0 Å². The Hall–Kier alpha value is -2.08. The molecule has 2 aromatic rings. The molecule has 0 unspecified atom stereocenters. The number of carbonyl (C=O) groups excluding carboxylic acids is 1. The molecule has 2 N–H and O–H groups in total. The molecule has 0 aliphatic heterocycles. The predicted molar refractivity (Wildman–Crippen MR) is 88.0 cm³/mol. The largest absolute Gasteiger partial charge is 0.355 e. The average Bonchev–Trinajstić information content (AvgIpc) is 2.77. The van der Waals surface area contributed by atoms with Gasteiger partial charge in [0.2, 0.25) is 5.91 Å². The number of imidazole rings is 1. The number of para-hydroxylation sites is 2. The van der Waals surface area contributed by atoms with E-state index in [1.54, 1.807) is 16.2 Å². The summed E-state index contributed by atoms with van der Waals surface area (Å²) in [6.45, 7) is 4.85. The van der Waals surface area contributed by atoms with Crippen molar-refractivity contribution in [1.29, 1.82) is 0 Å². The smallest absolute Gasteiger partial charge is 0.328 e. The molecule has 0 atom stereocenters. The zero-order valence-corrected chi connectivity index (χ0v) is 13.3. The Morgan fingerprint density at radius 3 is 2.59 bits per heavy atom. The summed E-state index contributed by atoms with van der Waals surface area (Å²) < 4.78 is 3.27. The summed E-state index contributed by atoms with van der Waals surface area (Å²) in [6.07, 6.45) is 1.39. The molecule has 0 aliphatic carbocycles. The fourth-order valence-electron chi connectivity index (χ4n) is 2.47. The summed E-state index contributed by atoms with van der Waals surface area (Å²) in [5.41, 5.74) is 1.67. The van der Waals surface area contributed by atoms with Crippen LogP contribution in [0.25, 0.3) is 11.0 Å². The minimum Gasteiger partial charge on any atom is -0.355 e. The van der Waals surface area contributed by atoms with E-state index < -0.39 is 0 Å². The Labute approximate surface area is 130 Å². The van der Waals surface area contributed by atoms with Gasteiger partial charge in [0.05, 0.1) is 11.0 Å². The van der Waals surface area contributed by atoms with Gasteiger partial charge < -0.3 is 10.6 Å². The number of fused-ring (bicyclic) bond motifs is 1. The molecule has 0 fully saturated rings. The lowest BCUT2D eigenvalue weighted by Gasteiger charge is -2.07. The van der Waals surface area contributed by atoms with Gasteiger partial charge in [-0.15, -0.1) is 0 Å². The standard InChI is InChI=1S/C16H24N4O2/c1-3-9-17-10-11-18-15(21)8-12-20-14-7-5-4-6-13(14)19(2)16(20)22/h4-7,17H,3,8-12H2,1-2H3,(H,18,21). The van der Waals surface area contributed by atoms with Gasteiger partial charge >= 0.3 is 5.69 Å². The predicted octanol–water partition coefficient (Wildman–Crippen LogP) is 0.846. The summed E-state index contributed by atoms with van der Waals surface area (Å²) >= 11 is 0. The normalized spacial score (nSPS) is 11.0. The van der Waals surface area contributed by atoms with Gasteiger partial charge in [0.1, 0.15) is 0 Å². The van der Waals surface area contributed by atoms with E-state index in [4.69, 9.17) is 0 Å². The highest BCUT2D eigenvalue weighted by molar-refractivity contribution is 5.77. The van der Waals surface area contributed by atoms with Gasteiger partial charge in [-0.05, 0) is 25.1 Å². The van der Waals surface area contributed by atoms with Crippen LogP contribution in [0.1, 0.15) is 19.8 Å². The van der Waals surface area contributed by atoms with E-state index >= 15 is 0 Å². The molecule has 0 radical (unpaired) electrons.